The molecule has 0 unspecified atom stereocenters. The van der Waals surface area contributed by atoms with Crippen LogP contribution in [0.2, 0.25) is 0 Å². The summed E-state index contributed by atoms with van der Waals surface area (Å²) in [6.07, 6.45) is 2.52. The second-order valence-corrected chi connectivity index (χ2v) is 6.98. The lowest BCUT2D eigenvalue weighted by atomic mass is 10.0. The summed E-state index contributed by atoms with van der Waals surface area (Å²) < 4.78 is 0. The van der Waals surface area contributed by atoms with Crippen LogP contribution < -0.4 is 10.2 Å². The molecule has 3 rings (SSSR count). The molecule has 2 aromatic rings. The number of nitrogens with one attached hydrogen (secondary N) is 1. The van der Waals surface area contributed by atoms with E-state index >= 15 is 0 Å². The molecule has 1 aliphatic heterocycles. The smallest absolute Gasteiger partial charge is 0.224 e. The van der Waals surface area contributed by atoms with E-state index in [1.54, 1.807) is 6.20 Å². The largest absolute Gasteiger partial charge is 0.353 e. The maximum absolute atomic E-state index is 12.6. The zero-order valence-corrected chi connectivity index (χ0v) is 15.7. The first kappa shape index (κ1) is 18.9. The van der Waals surface area contributed by atoms with E-state index in [-0.39, 0.29) is 17.7 Å². The molecule has 2 amide bonds. The Morgan fingerprint density at radius 2 is 1.70 bits per heavy atom. The van der Waals surface area contributed by atoms with Gasteiger partial charge in [0, 0.05) is 50.9 Å². The van der Waals surface area contributed by atoms with Gasteiger partial charge in [-0.2, -0.15) is 0 Å². The fraction of sp³-hybridized carbons (Fsp3) is 0.381. The lowest BCUT2D eigenvalue weighted by Gasteiger charge is -2.35. The molecule has 6 heteroatoms. The second-order valence-electron chi connectivity index (χ2n) is 6.98. The molecule has 0 saturated carbocycles. The summed E-state index contributed by atoms with van der Waals surface area (Å²) in [5.74, 6) is 1.03. The summed E-state index contributed by atoms with van der Waals surface area (Å²) >= 11 is 0. The first-order chi connectivity index (χ1) is 13.1. The maximum Gasteiger partial charge on any atom is 0.224 e. The Morgan fingerprint density at radius 1 is 1.00 bits per heavy atom. The van der Waals surface area contributed by atoms with Gasteiger partial charge in [-0.25, -0.2) is 4.98 Å². The monoisotopic (exact) mass is 366 g/mol. The van der Waals surface area contributed by atoms with Crippen LogP contribution in [-0.4, -0.2) is 47.9 Å². The van der Waals surface area contributed by atoms with Gasteiger partial charge in [0.1, 0.15) is 5.82 Å². The Hall–Kier alpha value is -2.89. The van der Waals surface area contributed by atoms with Crippen LogP contribution in [0.15, 0.2) is 54.7 Å². The van der Waals surface area contributed by atoms with E-state index in [0.717, 1.165) is 24.6 Å². The Balaban J connectivity index is 1.41. The lowest BCUT2D eigenvalue weighted by molar-refractivity contribution is -0.132. The number of piperazine rings is 1. The van der Waals surface area contributed by atoms with Crippen LogP contribution in [0.3, 0.4) is 0 Å². The SMILES string of the molecule is C[C@@H](CC(=O)Nc1ccccc1)CC(=O)N1CCN(c2ccccn2)CC1. The first-order valence-corrected chi connectivity index (χ1v) is 9.40. The summed E-state index contributed by atoms with van der Waals surface area (Å²) in [6, 6.07) is 15.3. The summed E-state index contributed by atoms with van der Waals surface area (Å²) in [5, 5.41) is 2.87. The third kappa shape index (κ3) is 5.54. The summed E-state index contributed by atoms with van der Waals surface area (Å²) in [4.78, 5) is 33.1. The van der Waals surface area contributed by atoms with Crippen molar-refractivity contribution in [2.45, 2.75) is 19.8 Å². The fourth-order valence-corrected chi connectivity index (χ4v) is 3.28. The molecule has 1 saturated heterocycles. The number of anilines is 2. The van der Waals surface area contributed by atoms with Crippen molar-refractivity contribution >= 4 is 23.3 Å². The Morgan fingerprint density at radius 3 is 2.37 bits per heavy atom. The highest BCUT2D eigenvalue weighted by atomic mass is 16.2. The average molecular weight is 366 g/mol. The van der Waals surface area contributed by atoms with Gasteiger partial charge in [0.05, 0.1) is 0 Å². The van der Waals surface area contributed by atoms with Crippen LogP contribution in [0.4, 0.5) is 11.5 Å². The van der Waals surface area contributed by atoms with E-state index in [1.807, 2.05) is 60.4 Å². The molecule has 6 nitrogen and oxygen atoms in total. The molecule has 2 heterocycles. The minimum absolute atomic E-state index is 0.00929. The molecule has 0 radical (unpaired) electrons. The standard InChI is InChI=1S/C21H26N4O2/c1-17(15-20(26)23-18-7-3-2-4-8-18)16-21(27)25-13-11-24(12-14-25)19-9-5-6-10-22-19/h2-10,17H,11-16H2,1H3,(H,23,26)/t17-/m0/s1. The molecule has 0 bridgehead atoms. The van der Waals surface area contributed by atoms with Crippen LogP contribution in [0, 0.1) is 5.92 Å². The number of amides is 2. The van der Waals surface area contributed by atoms with Crippen LogP contribution in [0.1, 0.15) is 19.8 Å². The van der Waals surface area contributed by atoms with Crippen LogP contribution in [0.25, 0.3) is 0 Å². The van der Waals surface area contributed by atoms with Crippen LogP contribution in [-0.2, 0) is 9.59 Å². The van der Waals surface area contributed by atoms with Crippen molar-refractivity contribution in [1.29, 1.82) is 0 Å². The number of hydrogen-bond acceptors (Lipinski definition) is 4. The van der Waals surface area contributed by atoms with Gasteiger partial charge in [0.15, 0.2) is 0 Å². The van der Waals surface area contributed by atoms with E-state index in [9.17, 15) is 9.59 Å². The van der Waals surface area contributed by atoms with Crippen molar-refractivity contribution in [1.82, 2.24) is 9.88 Å². The quantitative estimate of drug-likeness (QED) is 0.854. The number of carbonyl (C=O) groups excluding carboxylic acids is 2. The second kappa shape index (κ2) is 9.16. The average Bonchev–Trinajstić information content (AvgIpc) is 2.69. The summed E-state index contributed by atoms with van der Waals surface area (Å²) in [6.45, 7) is 4.90. The molecule has 1 atom stereocenters. The van der Waals surface area contributed by atoms with Gasteiger partial charge in [-0.1, -0.05) is 31.2 Å². The number of benzene rings is 1. The topological polar surface area (TPSA) is 65.5 Å². The Labute approximate surface area is 160 Å². The van der Waals surface area contributed by atoms with Gasteiger partial charge in [0.2, 0.25) is 11.8 Å². The highest BCUT2D eigenvalue weighted by molar-refractivity contribution is 5.91. The van der Waals surface area contributed by atoms with Crippen molar-refractivity contribution in [3.63, 3.8) is 0 Å². The number of carbonyl (C=O) groups is 2. The fourth-order valence-electron chi connectivity index (χ4n) is 3.28. The predicted molar refractivity (Wildman–Crippen MR) is 106 cm³/mol. The molecule has 1 aliphatic rings. The van der Waals surface area contributed by atoms with Gasteiger partial charge in [-0.3, -0.25) is 9.59 Å². The van der Waals surface area contributed by atoms with Gasteiger partial charge in [0.25, 0.3) is 0 Å². The predicted octanol–water partition coefficient (Wildman–Crippen LogP) is 2.79. The number of nitrogens with zero attached hydrogens (tertiary/aromatic N) is 3. The summed E-state index contributed by atoms with van der Waals surface area (Å²) in [7, 11) is 0. The molecule has 0 aliphatic carbocycles. The van der Waals surface area contributed by atoms with Crippen molar-refractivity contribution < 1.29 is 9.59 Å². The van der Waals surface area contributed by atoms with E-state index in [0.29, 0.717) is 25.9 Å². The lowest BCUT2D eigenvalue weighted by Crippen LogP contribution is -2.49. The zero-order valence-electron chi connectivity index (χ0n) is 15.7. The van der Waals surface area contributed by atoms with E-state index in [1.165, 1.54) is 0 Å². The van der Waals surface area contributed by atoms with Crippen molar-refractivity contribution in [2.24, 2.45) is 5.92 Å². The molecular formula is C21H26N4O2. The third-order valence-electron chi connectivity index (χ3n) is 4.72. The zero-order chi connectivity index (χ0) is 19.1. The Kier molecular flexibility index (Phi) is 6.41. The first-order valence-electron chi connectivity index (χ1n) is 9.40. The molecule has 1 fully saturated rings. The molecule has 1 aromatic heterocycles. The van der Waals surface area contributed by atoms with Crippen molar-refractivity contribution in [2.75, 3.05) is 36.4 Å². The minimum atomic E-state index is -0.0542. The van der Waals surface area contributed by atoms with Gasteiger partial charge >= 0.3 is 0 Å². The van der Waals surface area contributed by atoms with Crippen molar-refractivity contribution in [3.05, 3.63) is 54.7 Å². The number of rotatable bonds is 6. The molecule has 1 N–H and O–H groups in total. The molecule has 27 heavy (non-hydrogen) atoms. The van der Waals surface area contributed by atoms with Gasteiger partial charge in [-0.05, 0) is 30.2 Å². The maximum atomic E-state index is 12.6. The van der Waals surface area contributed by atoms with Crippen LogP contribution >= 0.6 is 0 Å². The third-order valence-corrected chi connectivity index (χ3v) is 4.72. The van der Waals surface area contributed by atoms with Gasteiger partial charge < -0.3 is 15.1 Å². The molecular weight excluding hydrogens is 340 g/mol. The summed E-state index contributed by atoms with van der Waals surface area (Å²) in [5.41, 5.74) is 0.784. The number of aromatic nitrogens is 1. The van der Waals surface area contributed by atoms with E-state index in [4.69, 9.17) is 0 Å². The highest BCUT2D eigenvalue weighted by Crippen LogP contribution is 2.16. The van der Waals surface area contributed by atoms with E-state index < -0.39 is 0 Å². The number of hydrogen-bond donors (Lipinski definition) is 1. The van der Waals surface area contributed by atoms with Crippen LogP contribution in [0.5, 0.6) is 0 Å². The molecule has 142 valence electrons. The molecule has 1 aromatic carbocycles. The minimum Gasteiger partial charge on any atom is -0.353 e. The number of pyridine rings is 1. The van der Waals surface area contributed by atoms with Gasteiger partial charge in [-0.15, -0.1) is 0 Å². The highest BCUT2D eigenvalue weighted by Gasteiger charge is 2.23. The normalized spacial score (nSPS) is 15.3. The Bertz CT molecular complexity index is 743. The van der Waals surface area contributed by atoms with E-state index in [2.05, 4.69) is 15.2 Å². The van der Waals surface area contributed by atoms with Crippen molar-refractivity contribution in [3.8, 4) is 0 Å². The molecule has 0 spiro atoms. The number of para-hydroxylation sites is 1.